The quantitative estimate of drug-likeness (QED) is 0.0274. The molecule has 308 valence electrons. The Hall–Kier alpha value is -3.93. The molecule has 0 aromatic rings. The Morgan fingerprint density at radius 2 is 0.764 bits per heavy atom. The van der Waals surface area contributed by atoms with Gasteiger partial charge in [0.05, 0.1) is 6.42 Å². The van der Waals surface area contributed by atoms with Crippen LogP contribution in [0.25, 0.3) is 0 Å². The third-order valence-electron chi connectivity index (χ3n) is 8.31. The Bertz CT molecular complexity index is 1200. The van der Waals surface area contributed by atoms with Gasteiger partial charge in [-0.15, -0.1) is 0 Å². The maximum atomic E-state index is 12.6. The van der Waals surface area contributed by atoms with E-state index >= 15 is 0 Å². The predicted molar refractivity (Wildman–Crippen MR) is 233 cm³/mol. The molecule has 1 atom stereocenters. The lowest BCUT2D eigenvalue weighted by Gasteiger charge is -2.18. The van der Waals surface area contributed by atoms with Gasteiger partial charge in [-0.05, 0) is 83.5 Å². The summed E-state index contributed by atoms with van der Waals surface area (Å²) in [4.78, 5) is 37.4. The Labute approximate surface area is 336 Å². The molecule has 0 aliphatic rings. The van der Waals surface area contributed by atoms with Crippen LogP contribution in [-0.2, 0) is 28.6 Å². The van der Waals surface area contributed by atoms with E-state index in [-0.39, 0.29) is 31.6 Å². The second-order valence-corrected chi connectivity index (χ2v) is 13.5. The molecule has 0 spiro atoms. The number of carbonyl (C=O) groups excluding carboxylic acids is 3. The van der Waals surface area contributed by atoms with Crippen molar-refractivity contribution in [2.45, 2.75) is 168 Å². The molecular formula is C49H76O6. The van der Waals surface area contributed by atoms with E-state index in [9.17, 15) is 14.4 Å². The highest BCUT2D eigenvalue weighted by Gasteiger charge is 2.19. The van der Waals surface area contributed by atoms with Crippen LogP contribution in [0.1, 0.15) is 162 Å². The number of carbonyl (C=O) groups is 3. The summed E-state index contributed by atoms with van der Waals surface area (Å²) in [6.45, 7) is 6.17. The van der Waals surface area contributed by atoms with Crippen LogP contribution in [0.15, 0.2) is 109 Å². The van der Waals surface area contributed by atoms with Gasteiger partial charge in [0.15, 0.2) is 6.10 Å². The highest BCUT2D eigenvalue weighted by atomic mass is 16.6. The van der Waals surface area contributed by atoms with Crippen LogP contribution in [0, 0.1) is 0 Å². The van der Waals surface area contributed by atoms with Crippen LogP contribution in [0.2, 0.25) is 0 Å². The molecule has 0 fully saturated rings. The van der Waals surface area contributed by atoms with Crippen molar-refractivity contribution >= 4 is 17.9 Å². The summed E-state index contributed by atoms with van der Waals surface area (Å²) >= 11 is 0. The van der Waals surface area contributed by atoms with Gasteiger partial charge in [0.1, 0.15) is 13.2 Å². The molecule has 0 saturated carbocycles. The summed E-state index contributed by atoms with van der Waals surface area (Å²) in [5.41, 5.74) is 0. The first-order chi connectivity index (χ1) is 27.0. The zero-order chi connectivity index (χ0) is 40.1. The molecule has 0 aromatic heterocycles. The smallest absolute Gasteiger partial charge is 0.310 e. The molecule has 0 radical (unpaired) electrons. The fourth-order valence-corrected chi connectivity index (χ4v) is 5.15. The van der Waals surface area contributed by atoms with E-state index in [1.165, 1.54) is 0 Å². The Morgan fingerprint density at radius 3 is 1.18 bits per heavy atom. The molecule has 0 amide bonds. The summed E-state index contributed by atoms with van der Waals surface area (Å²) in [6, 6.07) is 0. The molecule has 0 heterocycles. The molecule has 0 rings (SSSR count). The molecule has 0 aliphatic heterocycles. The normalized spacial score (nSPS) is 13.1. The van der Waals surface area contributed by atoms with Gasteiger partial charge in [0.25, 0.3) is 0 Å². The SMILES string of the molecule is CC/C=C\C/C=C\C/C=C\C/C=C\C/C=C\CC(=O)OC(COC(=O)CCCCCCC)COC(=O)CCCCCC/C=C\C/C=C\C/C=C\C/C=C\CC. The molecule has 0 aliphatic carbocycles. The molecule has 55 heavy (non-hydrogen) atoms. The van der Waals surface area contributed by atoms with Gasteiger partial charge in [-0.25, -0.2) is 0 Å². The van der Waals surface area contributed by atoms with Crippen LogP contribution in [0.5, 0.6) is 0 Å². The average Bonchev–Trinajstić information content (AvgIpc) is 3.18. The lowest BCUT2D eigenvalue weighted by atomic mass is 10.1. The summed E-state index contributed by atoms with van der Waals surface area (Å²) < 4.78 is 16.4. The van der Waals surface area contributed by atoms with Gasteiger partial charge >= 0.3 is 17.9 Å². The third kappa shape index (κ3) is 41.1. The maximum absolute atomic E-state index is 12.6. The minimum atomic E-state index is -0.839. The van der Waals surface area contributed by atoms with Crippen LogP contribution in [0.4, 0.5) is 0 Å². The highest BCUT2D eigenvalue weighted by Crippen LogP contribution is 2.10. The Balaban J connectivity index is 4.45. The van der Waals surface area contributed by atoms with E-state index in [1.807, 2.05) is 6.08 Å². The van der Waals surface area contributed by atoms with E-state index in [2.05, 4.69) is 118 Å². The minimum absolute atomic E-state index is 0.0876. The summed E-state index contributed by atoms with van der Waals surface area (Å²) in [5.74, 6) is -1.11. The molecule has 1 unspecified atom stereocenters. The van der Waals surface area contributed by atoms with Crippen molar-refractivity contribution in [3.05, 3.63) is 109 Å². The van der Waals surface area contributed by atoms with Crippen molar-refractivity contribution in [1.82, 2.24) is 0 Å². The number of allylic oxidation sites excluding steroid dienone is 17. The predicted octanol–water partition coefficient (Wildman–Crippen LogP) is 13.6. The number of hydrogen-bond donors (Lipinski definition) is 0. The third-order valence-corrected chi connectivity index (χ3v) is 8.31. The summed E-state index contributed by atoms with van der Waals surface area (Å²) in [7, 11) is 0. The first-order valence-electron chi connectivity index (χ1n) is 21.4. The number of esters is 3. The first kappa shape index (κ1) is 51.1. The fourth-order valence-electron chi connectivity index (χ4n) is 5.15. The van der Waals surface area contributed by atoms with Crippen molar-refractivity contribution in [2.24, 2.45) is 0 Å². The van der Waals surface area contributed by atoms with Crippen molar-refractivity contribution in [3.63, 3.8) is 0 Å². The second kappa shape index (κ2) is 42.8. The summed E-state index contributed by atoms with van der Waals surface area (Å²) in [5, 5.41) is 0. The zero-order valence-corrected chi connectivity index (χ0v) is 34.9. The van der Waals surface area contributed by atoms with Gasteiger partial charge in [0, 0.05) is 12.8 Å². The molecule has 6 heteroatoms. The van der Waals surface area contributed by atoms with E-state index in [0.717, 1.165) is 116 Å². The van der Waals surface area contributed by atoms with Gasteiger partial charge in [-0.3, -0.25) is 14.4 Å². The lowest BCUT2D eigenvalue weighted by Crippen LogP contribution is -2.30. The van der Waals surface area contributed by atoms with Crippen LogP contribution < -0.4 is 0 Å². The topological polar surface area (TPSA) is 78.9 Å². The van der Waals surface area contributed by atoms with Crippen LogP contribution in [-0.4, -0.2) is 37.2 Å². The van der Waals surface area contributed by atoms with E-state index in [4.69, 9.17) is 14.2 Å². The molecule has 0 N–H and O–H groups in total. The van der Waals surface area contributed by atoms with E-state index < -0.39 is 12.1 Å². The molecule has 0 saturated heterocycles. The van der Waals surface area contributed by atoms with Crippen molar-refractivity contribution in [3.8, 4) is 0 Å². The number of rotatable bonds is 36. The standard InChI is InChI=1S/C49H76O6/c1-4-7-10-13-15-17-19-21-23-24-26-27-29-31-33-36-39-42-48(51)54-45-46(44-53-47(50)41-38-35-12-9-6-3)55-49(52)43-40-37-34-32-30-28-25-22-20-18-16-14-11-8-5-2/h7-8,10-11,15-18,21-23,25-27,30,32,37,40,46H,4-6,9,12-14,19-20,24,28-29,31,33-36,38-39,41-45H2,1-3H3/b10-7-,11-8-,17-15-,18-16-,23-21-,25-22-,27-26-,32-30-,40-37-. The van der Waals surface area contributed by atoms with Crippen molar-refractivity contribution in [1.29, 1.82) is 0 Å². The first-order valence-corrected chi connectivity index (χ1v) is 21.4. The lowest BCUT2D eigenvalue weighted by molar-refractivity contribution is -0.166. The maximum Gasteiger partial charge on any atom is 0.310 e. The van der Waals surface area contributed by atoms with Gasteiger partial charge in [-0.2, -0.15) is 0 Å². The van der Waals surface area contributed by atoms with Crippen LogP contribution in [0.3, 0.4) is 0 Å². The highest BCUT2D eigenvalue weighted by molar-refractivity contribution is 5.72. The Kier molecular flexibility index (Phi) is 39.7. The zero-order valence-electron chi connectivity index (χ0n) is 34.9. The van der Waals surface area contributed by atoms with E-state index in [1.54, 1.807) is 6.08 Å². The fraction of sp³-hybridized carbons (Fsp3) is 0.571. The Morgan fingerprint density at radius 1 is 0.400 bits per heavy atom. The van der Waals surface area contributed by atoms with Crippen LogP contribution >= 0.6 is 0 Å². The summed E-state index contributed by atoms with van der Waals surface area (Å²) in [6.07, 6.45) is 57.0. The minimum Gasteiger partial charge on any atom is -0.462 e. The number of unbranched alkanes of at least 4 members (excludes halogenated alkanes) is 8. The largest absolute Gasteiger partial charge is 0.462 e. The number of hydrogen-bond acceptors (Lipinski definition) is 6. The van der Waals surface area contributed by atoms with Crippen molar-refractivity contribution < 1.29 is 28.6 Å². The molecular weight excluding hydrogens is 685 g/mol. The van der Waals surface area contributed by atoms with Crippen molar-refractivity contribution in [2.75, 3.05) is 13.2 Å². The van der Waals surface area contributed by atoms with E-state index in [0.29, 0.717) is 19.3 Å². The van der Waals surface area contributed by atoms with Gasteiger partial charge in [0.2, 0.25) is 0 Å². The van der Waals surface area contributed by atoms with Gasteiger partial charge in [-0.1, -0.05) is 169 Å². The average molecular weight is 761 g/mol. The molecule has 0 aromatic carbocycles. The molecule has 0 bridgehead atoms. The molecule has 6 nitrogen and oxygen atoms in total. The number of ether oxygens (including phenoxy) is 3. The second-order valence-electron chi connectivity index (χ2n) is 13.5. The van der Waals surface area contributed by atoms with Gasteiger partial charge < -0.3 is 14.2 Å². The monoisotopic (exact) mass is 761 g/mol.